The Morgan fingerprint density at radius 1 is 1.06 bits per heavy atom. The van der Waals surface area contributed by atoms with Gasteiger partial charge < -0.3 is 5.11 Å². The molecule has 1 N–H and O–H groups in total. The highest BCUT2D eigenvalue weighted by molar-refractivity contribution is 6.33. The number of aromatic carboxylic acids is 1. The highest BCUT2D eigenvalue weighted by atomic mass is 35.5. The summed E-state index contributed by atoms with van der Waals surface area (Å²) in [6.45, 7) is 0. The molecule has 0 atom stereocenters. The third-order valence-electron chi connectivity index (χ3n) is 2.51. The number of hydrogen-bond donors (Lipinski definition) is 1. The van der Waals surface area contributed by atoms with Gasteiger partial charge in [-0.1, -0.05) is 48.0 Å². The molecule has 2 nitrogen and oxygen atoms in total. The van der Waals surface area contributed by atoms with Gasteiger partial charge in [-0.2, -0.15) is 0 Å². The Balaban J connectivity index is 2.24. The summed E-state index contributed by atoms with van der Waals surface area (Å²) in [4.78, 5) is 10.8. The quantitative estimate of drug-likeness (QED) is 0.898. The molecule has 0 bridgehead atoms. The smallest absolute Gasteiger partial charge is 0.337 e. The zero-order chi connectivity index (χ0) is 12.3. The molecule has 3 heteroatoms. The summed E-state index contributed by atoms with van der Waals surface area (Å²) in [6, 6.07) is 15.0. The Morgan fingerprint density at radius 3 is 2.35 bits per heavy atom. The van der Waals surface area contributed by atoms with E-state index in [0.29, 0.717) is 0 Å². The van der Waals surface area contributed by atoms with E-state index in [1.807, 2.05) is 30.3 Å². The van der Waals surface area contributed by atoms with Crippen LogP contribution in [0.3, 0.4) is 0 Å². The molecule has 0 heterocycles. The van der Waals surface area contributed by atoms with E-state index >= 15 is 0 Å². The van der Waals surface area contributed by atoms with Crippen LogP contribution in [0.4, 0.5) is 0 Å². The van der Waals surface area contributed by atoms with Crippen LogP contribution in [0.15, 0.2) is 48.5 Å². The molecule has 0 aliphatic carbocycles. The molecule has 0 fully saturated rings. The fraction of sp³-hybridized carbons (Fsp3) is 0.0714. The summed E-state index contributed by atoms with van der Waals surface area (Å²) in [5.41, 5.74) is 2.32. The van der Waals surface area contributed by atoms with E-state index in [-0.39, 0.29) is 10.6 Å². The Hall–Kier alpha value is -1.80. The van der Waals surface area contributed by atoms with Crippen molar-refractivity contribution in [3.8, 4) is 0 Å². The van der Waals surface area contributed by atoms with Gasteiger partial charge in [0.2, 0.25) is 0 Å². The largest absolute Gasteiger partial charge is 0.478 e. The van der Waals surface area contributed by atoms with E-state index in [1.165, 1.54) is 5.56 Å². The maximum atomic E-state index is 10.8. The Morgan fingerprint density at radius 2 is 1.76 bits per heavy atom. The molecule has 0 spiro atoms. The molecule has 0 saturated heterocycles. The van der Waals surface area contributed by atoms with Crippen molar-refractivity contribution in [2.75, 3.05) is 0 Å². The van der Waals surface area contributed by atoms with Crippen molar-refractivity contribution in [2.45, 2.75) is 6.42 Å². The maximum Gasteiger partial charge on any atom is 0.337 e. The van der Waals surface area contributed by atoms with Gasteiger partial charge in [-0.25, -0.2) is 4.79 Å². The third kappa shape index (κ3) is 2.86. The number of halogens is 1. The van der Waals surface area contributed by atoms with E-state index in [2.05, 4.69) is 0 Å². The first-order valence-electron chi connectivity index (χ1n) is 5.22. The molecule has 0 aliphatic rings. The second-order valence-corrected chi connectivity index (χ2v) is 4.19. The fourth-order valence-electron chi connectivity index (χ4n) is 1.67. The van der Waals surface area contributed by atoms with Gasteiger partial charge in [0.25, 0.3) is 0 Å². The van der Waals surface area contributed by atoms with E-state index in [4.69, 9.17) is 16.7 Å². The van der Waals surface area contributed by atoms with E-state index < -0.39 is 5.97 Å². The molecule has 0 aliphatic heterocycles. The van der Waals surface area contributed by atoms with E-state index in [1.54, 1.807) is 18.2 Å². The SMILES string of the molecule is O=C(O)c1ccc(Cc2ccccc2)cc1Cl. The average molecular weight is 247 g/mol. The molecule has 17 heavy (non-hydrogen) atoms. The van der Waals surface area contributed by atoms with Gasteiger partial charge in [0, 0.05) is 0 Å². The lowest BCUT2D eigenvalue weighted by molar-refractivity contribution is 0.0697. The summed E-state index contributed by atoms with van der Waals surface area (Å²) in [7, 11) is 0. The van der Waals surface area contributed by atoms with Gasteiger partial charge in [0.1, 0.15) is 0 Å². The normalized spacial score (nSPS) is 10.2. The van der Waals surface area contributed by atoms with Crippen LogP contribution in [0.1, 0.15) is 21.5 Å². The van der Waals surface area contributed by atoms with Crippen molar-refractivity contribution in [1.82, 2.24) is 0 Å². The van der Waals surface area contributed by atoms with Crippen molar-refractivity contribution < 1.29 is 9.90 Å². The van der Waals surface area contributed by atoms with Gasteiger partial charge in [0.05, 0.1) is 10.6 Å². The Labute approximate surface area is 104 Å². The second-order valence-electron chi connectivity index (χ2n) is 3.78. The van der Waals surface area contributed by atoms with Gasteiger partial charge in [-0.15, -0.1) is 0 Å². The first kappa shape index (κ1) is 11.7. The highest BCUT2D eigenvalue weighted by Gasteiger charge is 2.08. The molecule has 2 aromatic carbocycles. The summed E-state index contributed by atoms with van der Waals surface area (Å²) < 4.78 is 0. The fourth-order valence-corrected chi connectivity index (χ4v) is 1.96. The molecule has 0 saturated carbocycles. The van der Waals surface area contributed by atoms with Crippen LogP contribution in [0.25, 0.3) is 0 Å². The molecular formula is C14H11ClO2. The van der Waals surface area contributed by atoms with E-state index in [0.717, 1.165) is 12.0 Å². The van der Waals surface area contributed by atoms with Gasteiger partial charge in [-0.05, 0) is 29.7 Å². The summed E-state index contributed by atoms with van der Waals surface area (Å²) in [6.07, 6.45) is 0.750. The van der Waals surface area contributed by atoms with Crippen LogP contribution in [0.2, 0.25) is 5.02 Å². The third-order valence-corrected chi connectivity index (χ3v) is 2.83. The minimum atomic E-state index is -0.999. The molecule has 2 rings (SSSR count). The number of hydrogen-bond acceptors (Lipinski definition) is 1. The van der Waals surface area contributed by atoms with Crippen LogP contribution < -0.4 is 0 Å². The summed E-state index contributed by atoms with van der Waals surface area (Å²) >= 11 is 5.91. The molecule has 86 valence electrons. The van der Waals surface area contributed by atoms with Gasteiger partial charge in [-0.3, -0.25) is 0 Å². The second kappa shape index (κ2) is 5.02. The van der Waals surface area contributed by atoms with Gasteiger partial charge >= 0.3 is 5.97 Å². The molecule has 2 aromatic rings. The summed E-state index contributed by atoms with van der Waals surface area (Å²) in [5, 5.41) is 9.15. The van der Waals surface area contributed by atoms with Crippen LogP contribution in [0.5, 0.6) is 0 Å². The number of benzene rings is 2. The lowest BCUT2D eigenvalue weighted by atomic mass is 10.0. The van der Waals surface area contributed by atoms with Crippen molar-refractivity contribution in [2.24, 2.45) is 0 Å². The highest BCUT2D eigenvalue weighted by Crippen LogP contribution is 2.19. The maximum absolute atomic E-state index is 10.8. The van der Waals surface area contributed by atoms with Crippen LogP contribution >= 0.6 is 11.6 Å². The molecule has 0 amide bonds. The molecule has 0 aromatic heterocycles. The van der Waals surface area contributed by atoms with Crippen molar-refractivity contribution in [3.63, 3.8) is 0 Å². The first-order chi connectivity index (χ1) is 8.16. The number of carboxylic acids is 1. The lowest BCUT2D eigenvalue weighted by Crippen LogP contribution is -1.98. The Kier molecular flexibility index (Phi) is 3.45. The Bertz CT molecular complexity index is 535. The summed E-state index contributed by atoms with van der Waals surface area (Å²) in [5.74, 6) is -0.999. The average Bonchev–Trinajstić information content (AvgIpc) is 2.30. The van der Waals surface area contributed by atoms with Crippen LogP contribution in [-0.2, 0) is 6.42 Å². The molecule has 0 unspecified atom stereocenters. The lowest BCUT2D eigenvalue weighted by Gasteiger charge is -2.04. The predicted molar refractivity (Wildman–Crippen MR) is 67.7 cm³/mol. The van der Waals surface area contributed by atoms with Crippen molar-refractivity contribution in [3.05, 3.63) is 70.2 Å². The van der Waals surface area contributed by atoms with Crippen molar-refractivity contribution in [1.29, 1.82) is 0 Å². The van der Waals surface area contributed by atoms with Crippen LogP contribution in [-0.4, -0.2) is 11.1 Å². The number of carboxylic acid groups (broad SMARTS) is 1. The predicted octanol–water partition coefficient (Wildman–Crippen LogP) is 3.63. The van der Waals surface area contributed by atoms with E-state index in [9.17, 15) is 4.79 Å². The first-order valence-corrected chi connectivity index (χ1v) is 5.60. The molecule has 0 radical (unpaired) electrons. The minimum Gasteiger partial charge on any atom is -0.478 e. The zero-order valence-electron chi connectivity index (χ0n) is 9.06. The topological polar surface area (TPSA) is 37.3 Å². The van der Waals surface area contributed by atoms with Crippen LogP contribution in [0, 0.1) is 0 Å². The van der Waals surface area contributed by atoms with Gasteiger partial charge in [0.15, 0.2) is 0 Å². The standard InChI is InChI=1S/C14H11ClO2/c15-13-9-11(6-7-12(13)14(16)17)8-10-4-2-1-3-5-10/h1-7,9H,8H2,(H,16,17). The zero-order valence-corrected chi connectivity index (χ0v) is 9.82. The number of rotatable bonds is 3. The monoisotopic (exact) mass is 246 g/mol. The molecular weight excluding hydrogens is 236 g/mol. The van der Waals surface area contributed by atoms with Crippen molar-refractivity contribution >= 4 is 17.6 Å². The number of carbonyl (C=O) groups is 1. The minimum absolute atomic E-state index is 0.142.